The van der Waals surface area contributed by atoms with Crippen LogP contribution in [0.5, 0.6) is 0 Å². The smallest absolute Gasteiger partial charge is 0.255 e. The van der Waals surface area contributed by atoms with Gasteiger partial charge in [0.15, 0.2) is 11.6 Å². The van der Waals surface area contributed by atoms with Crippen molar-refractivity contribution in [2.24, 2.45) is 7.05 Å². The zero-order valence-corrected chi connectivity index (χ0v) is 13.5. The van der Waals surface area contributed by atoms with Crippen LogP contribution in [-0.4, -0.2) is 45.7 Å². The molecule has 7 nitrogen and oxygen atoms in total. The lowest BCUT2D eigenvalue weighted by Crippen LogP contribution is -2.47. The Morgan fingerprint density at radius 3 is 2.46 bits per heavy atom. The van der Waals surface area contributed by atoms with Crippen molar-refractivity contribution in [2.45, 2.75) is 18.8 Å². The van der Waals surface area contributed by atoms with Crippen LogP contribution in [0.25, 0.3) is 0 Å². The maximum absolute atomic E-state index is 14.6. The molecule has 2 aliphatic rings. The molecule has 0 amide bonds. The van der Waals surface area contributed by atoms with Gasteiger partial charge in [0.25, 0.3) is 5.56 Å². The van der Waals surface area contributed by atoms with Gasteiger partial charge in [-0.15, -0.1) is 0 Å². The van der Waals surface area contributed by atoms with E-state index in [2.05, 4.69) is 15.0 Å². The molecule has 24 heavy (non-hydrogen) atoms. The summed E-state index contributed by atoms with van der Waals surface area (Å²) in [5, 5.41) is 0. The van der Waals surface area contributed by atoms with Crippen molar-refractivity contribution in [2.75, 3.05) is 36.0 Å². The van der Waals surface area contributed by atoms with E-state index in [1.54, 1.807) is 7.05 Å². The molecule has 0 atom stereocenters. The lowest BCUT2D eigenvalue weighted by atomic mass is 10.2. The van der Waals surface area contributed by atoms with Gasteiger partial charge in [-0.1, -0.05) is 0 Å². The summed E-state index contributed by atoms with van der Waals surface area (Å²) < 4.78 is 16.1. The maximum Gasteiger partial charge on any atom is 0.255 e. The number of hydrogen-bond donors (Lipinski definition) is 0. The molecule has 1 saturated carbocycles. The van der Waals surface area contributed by atoms with Crippen molar-refractivity contribution < 1.29 is 4.39 Å². The maximum atomic E-state index is 14.6. The molecule has 1 aliphatic carbocycles. The van der Waals surface area contributed by atoms with Crippen LogP contribution in [0.15, 0.2) is 23.5 Å². The van der Waals surface area contributed by atoms with Gasteiger partial charge in [-0.3, -0.25) is 4.79 Å². The Morgan fingerprint density at radius 1 is 1.08 bits per heavy atom. The molecule has 0 spiro atoms. The predicted molar refractivity (Wildman–Crippen MR) is 87.9 cm³/mol. The molecule has 1 aliphatic heterocycles. The highest BCUT2D eigenvalue weighted by atomic mass is 19.1. The van der Waals surface area contributed by atoms with E-state index in [0.29, 0.717) is 43.5 Å². The molecule has 4 rings (SSSR count). The number of aromatic nitrogens is 4. The van der Waals surface area contributed by atoms with E-state index in [4.69, 9.17) is 0 Å². The molecular weight excluding hydrogens is 311 g/mol. The Bertz CT molecular complexity index is 810. The van der Waals surface area contributed by atoms with Gasteiger partial charge in [0.1, 0.15) is 12.1 Å². The number of halogens is 1. The van der Waals surface area contributed by atoms with E-state index in [1.807, 2.05) is 9.80 Å². The lowest BCUT2D eigenvalue weighted by molar-refractivity contribution is 0.566. The average Bonchev–Trinajstić information content (AvgIpc) is 3.43. The first-order valence-electron chi connectivity index (χ1n) is 8.16. The van der Waals surface area contributed by atoms with Crippen LogP contribution in [0.3, 0.4) is 0 Å². The zero-order chi connectivity index (χ0) is 16.7. The summed E-state index contributed by atoms with van der Waals surface area (Å²) in [6.45, 7) is 2.61. The molecule has 126 valence electrons. The third-order valence-electron chi connectivity index (χ3n) is 4.63. The number of nitrogens with zero attached hydrogens (tertiary/aromatic N) is 6. The molecular formula is C16H19FN6O. The Hall–Kier alpha value is -2.51. The van der Waals surface area contributed by atoms with E-state index in [0.717, 1.165) is 12.8 Å². The Labute approximate surface area is 138 Å². The second kappa shape index (κ2) is 5.85. The van der Waals surface area contributed by atoms with Crippen LogP contribution >= 0.6 is 0 Å². The Morgan fingerprint density at radius 2 is 1.79 bits per heavy atom. The largest absolute Gasteiger partial charge is 0.353 e. The minimum atomic E-state index is -0.278. The molecule has 2 fully saturated rings. The van der Waals surface area contributed by atoms with Crippen LogP contribution in [0.1, 0.15) is 24.5 Å². The molecule has 0 bridgehead atoms. The van der Waals surface area contributed by atoms with E-state index in [1.165, 1.54) is 23.3 Å². The number of rotatable bonds is 3. The van der Waals surface area contributed by atoms with E-state index < -0.39 is 0 Å². The van der Waals surface area contributed by atoms with Gasteiger partial charge in [0.2, 0.25) is 0 Å². The highest BCUT2D eigenvalue weighted by molar-refractivity contribution is 5.46. The molecule has 0 aromatic carbocycles. The first-order chi connectivity index (χ1) is 11.6. The van der Waals surface area contributed by atoms with Gasteiger partial charge in [0.05, 0.1) is 12.0 Å². The summed E-state index contributed by atoms with van der Waals surface area (Å²) in [5.74, 6) is 1.04. The monoisotopic (exact) mass is 330 g/mol. The second-order valence-electron chi connectivity index (χ2n) is 6.34. The average molecular weight is 330 g/mol. The van der Waals surface area contributed by atoms with E-state index in [-0.39, 0.29) is 17.3 Å². The van der Waals surface area contributed by atoms with Crippen LogP contribution in [0.4, 0.5) is 16.0 Å². The van der Waals surface area contributed by atoms with Crippen LogP contribution in [0, 0.1) is 5.82 Å². The normalized spacial score (nSPS) is 18.1. The molecule has 0 unspecified atom stereocenters. The van der Waals surface area contributed by atoms with Gasteiger partial charge in [-0.25, -0.2) is 19.3 Å². The summed E-state index contributed by atoms with van der Waals surface area (Å²) in [6, 6.07) is 1.53. The number of hydrogen-bond acceptors (Lipinski definition) is 6. The third-order valence-corrected chi connectivity index (χ3v) is 4.63. The Kier molecular flexibility index (Phi) is 3.66. The van der Waals surface area contributed by atoms with Gasteiger partial charge in [0, 0.05) is 45.2 Å². The van der Waals surface area contributed by atoms with Crippen molar-refractivity contribution >= 4 is 11.6 Å². The molecule has 0 radical (unpaired) electrons. The van der Waals surface area contributed by atoms with Gasteiger partial charge in [-0.05, 0) is 12.8 Å². The Balaban J connectivity index is 1.49. The highest BCUT2D eigenvalue weighted by Crippen LogP contribution is 2.41. The van der Waals surface area contributed by atoms with Crippen LogP contribution in [-0.2, 0) is 7.05 Å². The van der Waals surface area contributed by atoms with E-state index >= 15 is 0 Å². The van der Waals surface area contributed by atoms with Crippen molar-refractivity contribution in [3.63, 3.8) is 0 Å². The highest BCUT2D eigenvalue weighted by Gasteiger charge is 2.31. The number of anilines is 2. The second-order valence-corrected chi connectivity index (χ2v) is 6.34. The minimum Gasteiger partial charge on any atom is -0.353 e. The minimum absolute atomic E-state index is 0.0849. The van der Waals surface area contributed by atoms with Crippen molar-refractivity contribution in [1.29, 1.82) is 0 Å². The molecule has 8 heteroatoms. The van der Waals surface area contributed by atoms with Crippen molar-refractivity contribution in [3.8, 4) is 0 Å². The predicted octanol–water partition coefficient (Wildman–Crippen LogP) is 0.913. The third kappa shape index (κ3) is 2.72. The fourth-order valence-corrected chi connectivity index (χ4v) is 3.01. The van der Waals surface area contributed by atoms with Crippen molar-refractivity contribution in [3.05, 3.63) is 40.6 Å². The molecule has 2 aromatic heterocycles. The molecule has 3 heterocycles. The van der Waals surface area contributed by atoms with Crippen LogP contribution < -0.4 is 15.4 Å². The summed E-state index contributed by atoms with van der Waals surface area (Å²) >= 11 is 0. The van der Waals surface area contributed by atoms with Gasteiger partial charge >= 0.3 is 0 Å². The van der Waals surface area contributed by atoms with Gasteiger partial charge in [-0.2, -0.15) is 0 Å². The summed E-state index contributed by atoms with van der Waals surface area (Å²) in [6.07, 6.45) is 5.00. The molecule has 0 N–H and O–H groups in total. The summed E-state index contributed by atoms with van der Waals surface area (Å²) in [4.78, 5) is 28.3. The standard InChI is InChI=1S/C16H19FN6O/c1-21-10-20-12(8-13(21)24)22-4-6-23(7-5-22)16-14(17)15(11-2-3-11)18-9-19-16/h8-11H,2-7H2,1H3. The van der Waals surface area contributed by atoms with Gasteiger partial charge < -0.3 is 14.4 Å². The fraction of sp³-hybridized carbons (Fsp3) is 0.500. The number of aryl methyl sites for hydroxylation is 1. The molecule has 2 aromatic rings. The first kappa shape index (κ1) is 15.0. The number of piperazine rings is 1. The van der Waals surface area contributed by atoms with Crippen LogP contribution in [0.2, 0.25) is 0 Å². The lowest BCUT2D eigenvalue weighted by Gasteiger charge is -2.36. The summed E-state index contributed by atoms with van der Waals surface area (Å²) in [7, 11) is 1.67. The van der Waals surface area contributed by atoms with E-state index in [9.17, 15) is 9.18 Å². The van der Waals surface area contributed by atoms with Crippen molar-refractivity contribution in [1.82, 2.24) is 19.5 Å². The fourth-order valence-electron chi connectivity index (χ4n) is 3.01. The SMILES string of the molecule is Cn1cnc(N2CCN(c3ncnc(C4CC4)c3F)CC2)cc1=O. The quantitative estimate of drug-likeness (QED) is 0.833. The zero-order valence-electron chi connectivity index (χ0n) is 13.5. The topological polar surface area (TPSA) is 67.2 Å². The first-order valence-corrected chi connectivity index (χ1v) is 8.16. The summed E-state index contributed by atoms with van der Waals surface area (Å²) in [5.41, 5.74) is 0.467. The molecule has 1 saturated heterocycles.